The Morgan fingerprint density at radius 1 is 1.11 bits per heavy atom. The van der Waals surface area contributed by atoms with Crippen LogP contribution in [0.1, 0.15) is 68.4 Å². The summed E-state index contributed by atoms with van der Waals surface area (Å²) in [5, 5.41) is 9.32. The normalized spacial score (nSPS) is 21.9. The van der Waals surface area contributed by atoms with Gasteiger partial charge in [-0.2, -0.15) is 0 Å². The third kappa shape index (κ3) is 5.56. The van der Waals surface area contributed by atoms with Gasteiger partial charge in [-0.3, -0.25) is 9.69 Å². The van der Waals surface area contributed by atoms with Gasteiger partial charge in [0.05, 0.1) is 13.0 Å². The van der Waals surface area contributed by atoms with Crippen LogP contribution in [0, 0.1) is 5.92 Å². The van der Waals surface area contributed by atoms with E-state index in [-0.39, 0.29) is 6.10 Å². The molecule has 4 atom stereocenters. The first-order chi connectivity index (χ1) is 18.3. The lowest BCUT2D eigenvalue weighted by atomic mass is 9.91. The summed E-state index contributed by atoms with van der Waals surface area (Å²) in [4.78, 5) is 18.3. The highest BCUT2D eigenvalue weighted by atomic mass is 16.5. The molecule has 2 aromatic carbocycles. The summed E-state index contributed by atoms with van der Waals surface area (Å²) in [5.74, 6) is 0.288. The van der Waals surface area contributed by atoms with Crippen molar-refractivity contribution in [3.63, 3.8) is 0 Å². The predicted octanol–water partition coefficient (Wildman–Crippen LogP) is 6.46. The van der Waals surface area contributed by atoms with Gasteiger partial charge in [0, 0.05) is 30.9 Å². The first-order valence-electron chi connectivity index (χ1n) is 13.7. The van der Waals surface area contributed by atoms with Crippen molar-refractivity contribution in [3.05, 3.63) is 77.0 Å². The molecule has 0 spiro atoms. The molecule has 2 aliphatic rings. The van der Waals surface area contributed by atoms with E-state index in [4.69, 9.17) is 9.47 Å². The van der Waals surface area contributed by atoms with E-state index in [0.29, 0.717) is 24.4 Å². The van der Waals surface area contributed by atoms with Gasteiger partial charge < -0.3 is 14.6 Å². The van der Waals surface area contributed by atoms with Crippen molar-refractivity contribution in [2.75, 3.05) is 7.11 Å². The van der Waals surface area contributed by atoms with Crippen LogP contribution in [-0.2, 0) is 24.2 Å². The van der Waals surface area contributed by atoms with Crippen molar-refractivity contribution in [1.82, 2.24) is 9.88 Å². The molecule has 0 saturated carbocycles. The molecule has 2 aliphatic heterocycles. The fourth-order valence-corrected chi connectivity index (χ4v) is 5.89. The molecule has 0 amide bonds. The molecule has 1 aromatic heterocycles. The number of benzene rings is 2. The zero-order valence-corrected chi connectivity index (χ0v) is 22.8. The molecule has 0 bridgehead atoms. The van der Waals surface area contributed by atoms with Crippen LogP contribution in [0.2, 0.25) is 0 Å². The fraction of sp³-hybridized carbons (Fsp3) is 0.438. The van der Waals surface area contributed by atoms with Gasteiger partial charge in [-0.1, -0.05) is 37.3 Å². The zero-order valence-electron chi connectivity index (χ0n) is 22.8. The number of hydrogen-bond acceptors (Lipinski definition) is 5. The highest BCUT2D eigenvalue weighted by molar-refractivity contribution is 5.70. The van der Waals surface area contributed by atoms with Crippen LogP contribution >= 0.6 is 0 Å². The van der Waals surface area contributed by atoms with Crippen LogP contribution < -0.4 is 9.47 Å². The zero-order chi connectivity index (χ0) is 26.8. The summed E-state index contributed by atoms with van der Waals surface area (Å²) in [6.07, 6.45) is 6.57. The number of carbonyl (C=O) groups is 1. The number of fused-ring (bicyclic) bond motifs is 1. The molecule has 1 fully saturated rings. The van der Waals surface area contributed by atoms with E-state index in [2.05, 4.69) is 48.0 Å². The molecule has 3 unspecified atom stereocenters. The van der Waals surface area contributed by atoms with Crippen LogP contribution in [0.25, 0.3) is 11.1 Å². The molecular formula is C32H38N2O4. The minimum atomic E-state index is -0.775. The lowest BCUT2D eigenvalue weighted by Crippen LogP contribution is -2.32. The summed E-state index contributed by atoms with van der Waals surface area (Å²) in [7, 11) is 1.65. The number of likely N-dealkylation sites (tertiary alicyclic amines) is 1. The number of aryl methyl sites for hydroxylation is 1. The van der Waals surface area contributed by atoms with Gasteiger partial charge in [-0.25, -0.2) is 4.98 Å². The Balaban J connectivity index is 1.45. The molecule has 6 heteroatoms. The molecule has 1 saturated heterocycles. The lowest BCUT2D eigenvalue weighted by molar-refractivity contribution is -0.141. The van der Waals surface area contributed by atoms with E-state index in [1.165, 1.54) is 35.1 Å². The van der Waals surface area contributed by atoms with E-state index in [1.54, 1.807) is 20.2 Å². The second-order valence-electron chi connectivity index (χ2n) is 11.0. The lowest BCUT2D eigenvalue weighted by Gasteiger charge is -2.30. The third-order valence-electron chi connectivity index (χ3n) is 8.28. The second-order valence-corrected chi connectivity index (χ2v) is 11.0. The smallest absolute Gasteiger partial charge is 0.306 e. The SMILES string of the molecule is COc1cc(-c2ccc([C@@H]3CCc4ccc(CC(C)C(=O)O)cc4O3)cc2CN2C(C)CCC2C)ccn1. The number of ether oxygens (including phenoxy) is 2. The average Bonchev–Trinajstić information content (AvgIpc) is 3.24. The third-order valence-corrected chi connectivity index (χ3v) is 8.28. The van der Waals surface area contributed by atoms with Gasteiger partial charge in [0.15, 0.2) is 0 Å². The molecule has 0 radical (unpaired) electrons. The molecule has 6 nitrogen and oxygen atoms in total. The van der Waals surface area contributed by atoms with Gasteiger partial charge >= 0.3 is 5.97 Å². The van der Waals surface area contributed by atoms with Crippen LogP contribution in [0.5, 0.6) is 11.6 Å². The highest BCUT2D eigenvalue weighted by Gasteiger charge is 2.29. The maximum absolute atomic E-state index is 11.3. The number of carboxylic acid groups (broad SMARTS) is 1. The van der Waals surface area contributed by atoms with Crippen LogP contribution in [0.4, 0.5) is 0 Å². The van der Waals surface area contributed by atoms with Crippen molar-refractivity contribution < 1.29 is 19.4 Å². The Kier molecular flexibility index (Phi) is 7.70. The van der Waals surface area contributed by atoms with Crippen molar-refractivity contribution in [3.8, 4) is 22.8 Å². The Morgan fingerprint density at radius 2 is 1.89 bits per heavy atom. The molecule has 3 heterocycles. The molecule has 38 heavy (non-hydrogen) atoms. The maximum Gasteiger partial charge on any atom is 0.306 e. The molecule has 3 aromatic rings. The minimum Gasteiger partial charge on any atom is -0.485 e. The van der Waals surface area contributed by atoms with Gasteiger partial charge in [-0.15, -0.1) is 0 Å². The Hall–Kier alpha value is -3.38. The topological polar surface area (TPSA) is 71.9 Å². The number of hydrogen-bond donors (Lipinski definition) is 1. The largest absolute Gasteiger partial charge is 0.485 e. The molecule has 200 valence electrons. The first-order valence-corrected chi connectivity index (χ1v) is 13.7. The van der Waals surface area contributed by atoms with Crippen molar-refractivity contribution in [2.24, 2.45) is 5.92 Å². The van der Waals surface area contributed by atoms with Crippen LogP contribution in [0.15, 0.2) is 54.7 Å². The summed E-state index contributed by atoms with van der Waals surface area (Å²) in [6, 6.07) is 18.1. The van der Waals surface area contributed by atoms with Crippen LogP contribution in [-0.4, -0.2) is 40.2 Å². The molecule has 1 N–H and O–H groups in total. The average molecular weight is 515 g/mol. The molecular weight excluding hydrogens is 476 g/mol. The Bertz CT molecular complexity index is 1300. The number of nitrogens with zero attached hydrogens (tertiary/aromatic N) is 2. The summed E-state index contributed by atoms with van der Waals surface area (Å²) >= 11 is 0. The molecule has 5 rings (SSSR count). The van der Waals surface area contributed by atoms with Crippen molar-refractivity contribution in [2.45, 2.75) is 77.6 Å². The number of methoxy groups -OCH3 is 1. The monoisotopic (exact) mass is 514 g/mol. The van der Waals surface area contributed by atoms with E-state index < -0.39 is 11.9 Å². The maximum atomic E-state index is 11.3. The fourth-order valence-electron chi connectivity index (χ4n) is 5.89. The number of pyridine rings is 1. The minimum absolute atomic E-state index is 0.0390. The second kappa shape index (κ2) is 11.2. The number of aromatic nitrogens is 1. The Morgan fingerprint density at radius 3 is 2.63 bits per heavy atom. The molecule has 0 aliphatic carbocycles. The summed E-state index contributed by atoms with van der Waals surface area (Å²) < 4.78 is 12.0. The van der Waals surface area contributed by atoms with Crippen molar-refractivity contribution >= 4 is 5.97 Å². The standard InChI is InChI=1S/C32H38N2O4/c1-20(32(35)36)15-23-7-8-24-10-12-29(38-30(24)16-23)26-9-11-28(25-13-14-33-31(18-25)37-4)27(17-26)19-34-21(2)5-6-22(34)3/h7-9,11,13-14,16-18,20-22,29H,5-6,10,12,15,19H2,1-4H3,(H,35,36)/t20?,21?,22?,29-/m0/s1. The first kappa shape index (κ1) is 26.2. The highest BCUT2D eigenvalue weighted by Crippen LogP contribution is 2.38. The van der Waals surface area contributed by atoms with Crippen LogP contribution in [0.3, 0.4) is 0 Å². The van der Waals surface area contributed by atoms with E-state index in [0.717, 1.165) is 36.3 Å². The number of carboxylic acids is 1. The summed E-state index contributed by atoms with van der Waals surface area (Å²) in [5.41, 5.74) is 6.95. The number of aliphatic carboxylic acids is 1. The van der Waals surface area contributed by atoms with Gasteiger partial charge in [-0.05, 0) is 91.5 Å². The predicted molar refractivity (Wildman–Crippen MR) is 149 cm³/mol. The quantitative estimate of drug-likeness (QED) is 0.372. The van der Waals surface area contributed by atoms with Gasteiger partial charge in [0.1, 0.15) is 11.9 Å². The summed E-state index contributed by atoms with van der Waals surface area (Å²) in [6.45, 7) is 7.28. The van der Waals surface area contributed by atoms with Crippen molar-refractivity contribution in [1.29, 1.82) is 0 Å². The number of rotatable bonds is 8. The van der Waals surface area contributed by atoms with E-state index >= 15 is 0 Å². The van der Waals surface area contributed by atoms with Gasteiger partial charge in [0.2, 0.25) is 5.88 Å². The van der Waals surface area contributed by atoms with E-state index in [9.17, 15) is 9.90 Å². The van der Waals surface area contributed by atoms with E-state index in [1.807, 2.05) is 24.3 Å². The Labute approximate surface area is 225 Å². The van der Waals surface area contributed by atoms with Gasteiger partial charge in [0.25, 0.3) is 0 Å².